The fourth-order valence-corrected chi connectivity index (χ4v) is 2.04. The third kappa shape index (κ3) is 4.25. The van der Waals surface area contributed by atoms with E-state index >= 15 is 0 Å². The van der Waals surface area contributed by atoms with E-state index in [1.54, 1.807) is 43.3 Å². The van der Waals surface area contributed by atoms with Crippen molar-refractivity contribution in [3.05, 3.63) is 59.1 Å². The lowest BCUT2D eigenvalue weighted by atomic mass is 9.96. The smallest absolute Gasteiger partial charge is 0.148 e. The molecule has 3 nitrogen and oxygen atoms in total. The molecule has 0 amide bonds. The molecule has 0 saturated heterocycles. The number of halogens is 1. The first kappa shape index (κ1) is 16.4. The summed E-state index contributed by atoms with van der Waals surface area (Å²) < 4.78 is 5.69. The normalized spacial score (nSPS) is 12.9. The summed E-state index contributed by atoms with van der Waals surface area (Å²) in [6, 6.07) is 14.2. The van der Waals surface area contributed by atoms with E-state index in [1.807, 2.05) is 12.1 Å². The number of benzene rings is 2. The fraction of sp³-hybridized carbons (Fsp3) is 0.222. The topological polar surface area (TPSA) is 49.7 Å². The summed E-state index contributed by atoms with van der Waals surface area (Å²) in [7, 11) is 0. The number of aliphatic hydroxyl groups excluding tert-OH is 1. The molecule has 1 atom stereocenters. The molecular weight excluding hydrogens is 300 g/mol. The number of hydrogen-bond donors (Lipinski definition) is 2. The molecule has 0 spiro atoms. The van der Waals surface area contributed by atoms with Crippen molar-refractivity contribution < 1.29 is 14.9 Å². The van der Waals surface area contributed by atoms with E-state index in [0.717, 1.165) is 0 Å². The zero-order valence-electron chi connectivity index (χ0n) is 12.2. The molecule has 0 saturated carbocycles. The molecule has 0 aliphatic carbocycles. The lowest BCUT2D eigenvalue weighted by molar-refractivity contribution is 0.122. The fourth-order valence-electron chi connectivity index (χ4n) is 1.86. The Morgan fingerprint density at radius 1 is 1.14 bits per heavy atom. The third-order valence-corrected chi connectivity index (χ3v) is 3.36. The maximum Gasteiger partial charge on any atom is 0.148 e. The molecule has 2 rings (SSSR count). The standard InChI is InChI=1S/C18H17ClO3/c1-18(21,12-4-5-13-20)14-8-10-15(11-9-14)22-17-7-3-2-6-16(17)19/h2-3,6-11,20-21H,5,13H2,1H3. The van der Waals surface area contributed by atoms with E-state index in [0.29, 0.717) is 28.5 Å². The van der Waals surface area contributed by atoms with Crippen LogP contribution in [0.3, 0.4) is 0 Å². The largest absolute Gasteiger partial charge is 0.456 e. The lowest BCUT2D eigenvalue weighted by Gasteiger charge is -2.17. The molecule has 0 fully saturated rings. The third-order valence-electron chi connectivity index (χ3n) is 3.05. The molecule has 0 radical (unpaired) electrons. The van der Waals surface area contributed by atoms with Gasteiger partial charge in [0.15, 0.2) is 0 Å². The minimum Gasteiger partial charge on any atom is -0.456 e. The number of para-hydroxylation sites is 1. The zero-order chi connectivity index (χ0) is 16.0. The van der Waals surface area contributed by atoms with Crippen molar-refractivity contribution in [3.8, 4) is 23.3 Å². The number of ether oxygens (including phenoxy) is 1. The molecule has 2 N–H and O–H groups in total. The van der Waals surface area contributed by atoms with Crippen LogP contribution in [0.25, 0.3) is 0 Å². The Hall–Kier alpha value is -1.99. The highest BCUT2D eigenvalue weighted by molar-refractivity contribution is 6.32. The van der Waals surface area contributed by atoms with Crippen LogP contribution in [0.15, 0.2) is 48.5 Å². The summed E-state index contributed by atoms with van der Waals surface area (Å²) in [5, 5.41) is 19.6. The molecule has 0 aliphatic rings. The number of hydrogen-bond acceptors (Lipinski definition) is 3. The van der Waals surface area contributed by atoms with Gasteiger partial charge in [-0.3, -0.25) is 0 Å². The van der Waals surface area contributed by atoms with Crippen LogP contribution in [0.2, 0.25) is 5.02 Å². The van der Waals surface area contributed by atoms with Gasteiger partial charge in [-0.05, 0) is 36.8 Å². The van der Waals surface area contributed by atoms with E-state index in [2.05, 4.69) is 11.8 Å². The van der Waals surface area contributed by atoms with Gasteiger partial charge in [0.25, 0.3) is 0 Å². The summed E-state index contributed by atoms with van der Waals surface area (Å²) in [5.41, 5.74) is -0.609. The van der Waals surface area contributed by atoms with E-state index in [9.17, 15) is 5.11 Å². The Bertz CT molecular complexity index is 681. The van der Waals surface area contributed by atoms with E-state index in [-0.39, 0.29) is 6.61 Å². The van der Waals surface area contributed by atoms with Crippen molar-refractivity contribution in [1.29, 1.82) is 0 Å². The van der Waals surface area contributed by atoms with Gasteiger partial charge in [0.1, 0.15) is 17.1 Å². The number of rotatable bonds is 4. The first-order valence-corrected chi connectivity index (χ1v) is 7.27. The van der Waals surface area contributed by atoms with Crippen LogP contribution in [0.5, 0.6) is 11.5 Å². The van der Waals surface area contributed by atoms with Crippen molar-refractivity contribution in [2.24, 2.45) is 0 Å². The average molecular weight is 317 g/mol. The highest BCUT2D eigenvalue weighted by atomic mass is 35.5. The van der Waals surface area contributed by atoms with Crippen LogP contribution < -0.4 is 4.74 Å². The molecule has 2 aromatic rings. The molecule has 0 bridgehead atoms. The van der Waals surface area contributed by atoms with Crippen molar-refractivity contribution in [2.75, 3.05) is 6.61 Å². The second-order valence-corrected chi connectivity index (χ2v) is 5.31. The Morgan fingerprint density at radius 2 is 1.82 bits per heavy atom. The average Bonchev–Trinajstić information content (AvgIpc) is 2.50. The first-order chi connectivity index (χ1) is 10.5. The molecule has 1 unspecified atom stereocenters. The minimum atomic E-state index is -1.27. The Morgan fingerprint density at radius 3 is 2.45 bits per heavy atom. The number of aliphatic hydroxyl groups is 2. The van der Waals surface area contributed by atoms with Crippen LogP contribution in [-0.2, 0) is 5.60 Å². The lowest BCUT2D eigenvalue weighted by Crippen LogP contribution is -2.18. The highest BCUT2D eigenvalue weighted by Crippen LogP contribution is 2.30. The summed E-state index contributed by atoms with van der Waals surface area (Å²) in [6.45, 7) is 1.59. The second kappa shape index (κ2) is 7.33. The van der Waals surface area contributed by atoms with Gasteiger partial charge < -0.3 is 14.9 Å². The summed E-state index contributed by atoms with van der Waals surface area (Å²) in [6.07, 6.45) is 0.337. The van der Waals surface area contributed by atoms with Crippen LogP contribution in [0.4, 0.5) is 0 Å². The molecule has 0 aliphatic heterocycles. The molecular formula is C18H17ClO3. The van der Waals surface area contributed by atoms with Crippen molar-refractivity contribution in [3.63, 3.8) is 0 Å². The Kier molecular flexibility index (Phi) is 5.46. The van der Waals surface area contributed by atoms with Crippen molar-refractivity contribution >= 4 is 11.6 Å². The monoisotopic (exact) mass is 316 g/mol. The van der Waals surface area contributed by atoms with Crippen molar-refractivity contribution in [2.45, 2.75) is 18.9 Å². The van der Waals surface area contributed by atoms with Gasteiger partial charge in [-0.25, -0.2) is 0 Å². The summed E-state index contributed by atoms with van der Waals surface area (Å²) in [4.78, 5) is 0. The van der Waals surface area contributed by atoms with Gasteiger partial charge >= 0.3 is 0 Å². The van der Waals surface area contributed by atoms with E-state index in [4.69, 9.17) is 21.4 Å². The van der Waals surface area contributed by atoms with E-state index < -0.39 is 5.60 Å². The summed E-state index contributed by atoms with van der Waals surface area (Å²) in [5.74, 6) is 6.67. The molecule has 4 heteroatoms. The second-order valence-electron chi connectivity index (χ2n) is 4.90. The minimum absolute atomic E-state index is 0.0201. The predicted molar refractivity (Wildman–Crippen MR) is 87.0 cm³/mol. The van der Waals surface area contributed by atoms with Gasteiger partial charge in [0.05, 0.1) is 11.6 Å². The SMILES string of the molecule is CC(O)(C#CCCO)c1ccc(Oc2ccccc2Cl)cc1. The molecule has 2 aromatic carbocycles. The van der Waals surface area contributed by atoms with Crippen LogP contribution in [0, 0.1) is 11.8 Å². The Labute approximate surface area is 135 Å². The molecule has 114 valence electrons. The maximum absolute atomic E-state index is 10.3. The summed E-state index contributed by atoms with van der Waals surface area (Å²) >= 11 is 6.05. The van der Waals surface area contributed by atoms with E-state index in [1.165, 1.54) is 0 Å². The van der Waals surface area contributed by atoms with Crippen LogP contribution in [0.1, 0.15) is 18.9 Å². The van der Waals surface area contributed by atoms with Gasteiger partial charge in [-0.2, -0.15) is 0 Å². The molecule has 0 heterocycles. The van der Waals surface area contributed by atoms with Gasteiger partial charge in [0, 0.05) is 6.42 Å². The maximum atomic E-state index is 10.3. The van der Waals surface area contributed by atoms with Crippen LogP contribution in [-0.4, -0.2) is 16.8 Å². The quantitative estimate of drug-likeness (QED) is 0.845. The molecule has 0 aromatic heterocycles. The first-order valence-electron chi connectivity index (χ1n) is 6.89. The Balaban J connectivity index is 2.14. The van der Waals surface area contributed by atoms with Crippen molar-refractivity contribution in [1.82, 2.24) is 0 Å². The van der Waals surface area contributed by atoms with Gasteiger partial charge in [0.2, 0.25) is 0 Å². The molecule has 22 heavy (non-hydrogen) atoms. The zero-order valence-corrected chi connectivity index (χ0v) is 13.0. The predicted octanol–water partition coefficient (Wildman–Crippen LogP) is 3.73. The van der Waals surface area contributed by atoms with Crippen LogP contribution >= 0.6 is 11.6 Å². The van der Waals surface area contributed by atoms with Gasteiger partial charge in [-0.1, -0.05) is 47.7 Å². The highest BCUT2D eigenvalue weighted by Gasteiger charge is 2.19. The van der Waals surface area contributed by atoms with Gasteiger partial charge in [-0.15, -0.1) is 0 Å².